The number of benzene rings is 1. The van der Waals surface area contributed by atoms with Crippen LogP contribution in [-0.2, 0) is 9.84 Å². The lowest BCUT2D eigenvalue weighted by molar-refractivity contribution is 0.0723. The minimum absolute atomic E-state index is 0.193. The minimum Gasteiger partial charge on any atom is -0.438 e. The van der Waals surface area contributed by atoms with Crippen molar-refractivity contribution in [3.63, 3.8) is 0 Å². The van der Waals surface area contributed by atoms with Crippen molar-refractivity contribution in [1.82, 2.24) is 14.9 Å². The fourth-order valence-corrected chi connectivity index (χ4v) is 4.11. The van der Waals surface area contributed by atoms with Crippen LogP contribution in [-0.4, -0.2) is 48.5 Å². The standard InChI is InChI=1S/C21H21N3O4S/c1-14-8-16(9-14)19-22-10-18(20(23-19)28-17-6-4-3-5-7-17)21(25)24-11-15(12-24)13-29(2,26)27/h3-7,10,13,16H,1,8-9,11-12H2,2H3. The van der Waals surface area contributed by atoms with E-state index in [9.17, 15) is 13.2 Å². The van der Waals surface area contributed by atoms with Crippen molar-refractivity contribution >= 4 is 15.7 Å². The van der Waals surface area contributed by atoms with Crippen molar-refractivity contribution in [2.45, 2.75) is 18.8 Å². The molecule has 2 aliphatic rings. The number of rotatable bonds is 5. The molecule has 0 unspecified atom stereocenters. The maximum Gasteiger partial charge on any atom is 0.261 e. The van der Waals surface area contributed by atoms with Crippen molar-refractivity contribution in [3.05, 3.63) is 71.0 Å². The minimum atomic E-state index is -3.22. The van der Waals surface area contributed by atoms with E-state index in [0.29, 0.717) is 17.1 Å². The van der Waals surface area contributed by atoms with Gasteiger partial charge in [-0.2, -0.15) is 4.98 Å². The smallest absolute Gasteiger partial charge is 0.261 e. The molecule has 0 spiro atoms. The fraction of sp³-hybridized carbons (Fsp3) is 0.286. The zero-order valence-electron chi connectivity index (χ0n) is 16.0. The average Bonchev–Trinajstić information content (AvgIpc) is 2.61. The van der Waals surface area contributed by atoms with E-state index in [4.69, 9.17) is 4.74 Å². The molecule has 1 aromatic carbocycles. The van der Waals surface area contributed by atoms with E-state index >= 15 is 0 Å². The largest absolute Gasteiger partial charge is 0.438 e. The molecule has 0 bridgehead atoms. The van der Waals surface area contributed by atoms with Gasteiger partial charge in [0, 0.05) is 36.9 Å². The SMILES string of the molecule is C=C1CC(c2ncc(C(=O)N3CC(=CS(C)(=O)=O)C3)c(Oc3ccccc3)n2)C1. The highest BCUT2D eigenvalue weighted by Gasteiger charge is 2.32. The highest BCUT2D eigenvalue weighted by atomic mass is 32.2. The summed E-state index contributed by atoms with van der Waals surface area (Å²) in [5.41, 5.74) is 2.11. The molecule has 1 aliphatic heterocycles. The lowest BCUT2D eigenvalue weighted by Gasteiger charge is -2.34. The second-order valence-electron chi connectivity index (χ2n) is 7.48. The fourth-order valence-electron chi connectivity index (χ4n) is 3.36. The van der Waals surface area contributed by atoms with Crippen molar-refractivity contribution in [1.29, 1.82) is 0 Å². The second kappa shape index (κ2) is 7.44. The summed E-state index contributed by atoms with van der Waals surface area (Å²) >= 11 is 0. The number of carbonyl (C=O) groups is 1. The Hall–Kier alpha value is -3.00. The first-order chi connectivity index (χ1) is 13.8. The summed E-state index contributed by atoms with van der Waals surface area (Å²) in [6, 6.07) is 9.13. The summed E-state index contributed by atoms with van der Waals surface area (Å²) in [6.07, 6.45) is 4.31. The molecule has 2 heterocycles. The van der Waals surface area contributed by atoms with Gasteiger partial charge in [-0.25, -0.2) is 13.4 Å². The lowest BCUT2D eigenvalue weighted by atomic mass is 9.80. The molecule has 29 heavy (non-hydrogen) atoms. The molecule has 0 atom stereocenters. The normalized spacial score (nSPS) is 16.8. The predicted octanol–water partition coefficient (Wildman–Crippen LogP) is 3.09. The summed E-state index contributed by atoms with van der Waals surface area (Å²) in [7, 11) is -3.22. The van der Waals surface area contributed by atoms with Crippen LogP contribution in [0.1, 0.15) is 34.9 Å². The number of nitrogens with zero attached hydrogens (tertiary/aromatic N) is 3. The molecular formula is C21H21N3O4S. The van der Waals surface area contributed by atoms with Gasteiger partial charge in [-0.1, -0.05) is 30.4 Å². The number of allylic oxidation sites excluding steroid dienone is 1. The van der Waals surface area contributed by atoms with Crippen LogP contribution in [0.3, 0.4) is 0 Å². The second-order valence-corrected chi connectivity index (χ2v) is 9.38. The Morgan fingerprint density at radius 3 is 2.55 bits per heavy atom. The van der Waals surface area contributed by atoms with E-state index in [1.54, 1.807) is 17.0 Å². The summed E-state index contributed by atoms with van der Waals surface area (Å²) in [5.74, 6) is 1.33. The zero-order valence-corrected chi connectivity index (χ0v) is 16.9. The van der Waals surface area contributed by atoms with Crippen LogP contribution in [0, 0.1) is 0 Å². The Labute approximate surface area is 169 Å². The topological polar surface area (TPSA) is 89.5 Å². The van der Waals surface area contributed by atoms with E-state index in [1.807, 2.05) is 18.2 Å². The van der Waals surface area contributed by atoms with Gasteiger partial charge in [-0.05, 0) is 30.5 Å². The van der Waals surface area contributed by atoms with Crippen LogP contribution in [0.4, 0.5) is 0 Å². The molecule has 2 fully saturated rings. The van der Waals surface area contributed by atoms with Gasteiger partial charge in [-0.15, -0.1) is 0 Å². The number of sulfone groups is 1. The van der Waals surface area contributed by atoms with E-state index in [-0.39, 0.29) is 36.4 Å². The van der Waals surface area contributed by atoms with Gasteiger partial charge in [-0.3, -0.25) is 4.79 Å². The van der Waals surface area contributed by atoms with Gasteiger partial charge in [0.25, 0.3) is 5.91 Å². The van der Waals surface area contributed by atoms with Crippen LogP contribution in [0.2, 0.25) is 0 Å². The molecule has 1 aliphatic carbocycles. The van der Waals surface area contributed by atoms with Crippen LogP contribution >= 0.6 is 0 Å². The number of carbonyl (C=O) groups excluding carboxylic acids is 1. The molecular weight excluding hydrogens is 390 g/mol. The first kappa shape index (κ1) is 19.3. The molecule has 1 amide bonds. The van der Waals surface area contributed by atoms with Gasteiger partial charge < -0.3 is 9.64 Å². The molecule has 1 aromatic heterocycles. The number of aromatic nitrogens is 2. The molecule has 0 radical (unpaired) electrons. The Morgan fingerprint density at radius 2 is 1.93 bits per heavy atom. The van der Waals surface area contributed by atoms with E-state index in [0.717, 1.165) is 24.7 Å². The Kier molecular flexibility index (Phi) is 4.96. The Morgan fingerprint density at radius 1 is 1.24 bits per heavy atom. The van der Waals surface area contributed by atoms with Gasteiger partial charge in [0.1, 0.15) is 17.1 Å². The first-order valence-electron chi connectivity index (χ1n) is 9.24. The van der Waals surface area contributed by atoms with Crippen molar-refractivity contribution in [2.75, 3.05) is 19.3 Å². The maximum atomic E-state index is 12.9. The highest BCUT2D eigenvalue weighted by molar-refractivity contribution is 7.93. The molecule has 1 saturated carbocycles. The molecule has 1 saturated heterocycles. The number of para-hydroxylation sites is 1. The molecule has 2 aromatic rings. The number of amides is 1. The zero-order chi connectivity index (χ0) is 20.6. The Balaban J connectivity index is 1.59. The van der Waals surface area contributed by atoms with Gasteiger partial charge >= 0.3 is 0 Å². The van der Waals surface area contributed by atoms with Crippen LogP contribution in [0.5, 0.6) is 11.6 Å². The molecule has 0 N–H and O–H groups in total. The van der Waals surface area contributed by atoms with Crippen LogP contribution in [0.15, 0.2) is 59.7 Å². The number of hydrogen-bond donors (Lipinski definition) is 0. The van der Waals surface area contributed by atoms with Crippen LogP contribution in [0.25, 0.3) is 0 Å². The highest BCUT2D eigenvalue weighted by Crippen LogP contribution is 2.39. The van der Waals surface area contributed by atoms with E-state index < -0.39 is 9.84 Å². The summed E-state index contributed by atoms with van der Waals surface area (Å²) in [4.78, 5) is 23.4. The van der Waals surface area contributed by atoms with E-state index in [2.05, 4.69) is 16.5 Å². The quantitative estimate of drug-likeness (QED) is 0.703. The lowest BCUT2D eigenvalue weighted by Crippen LogP contribution is -2.45. The summed E-state index contributed by atoms with van der Waals surface area (Å²) < 4.78 is 28.7. The molecule has 7 nitrogen and oxygen atoms in total. The Bertz CT molecular complexity index is 1090. The van der Waals surface area contributed by atoms with Crippen molar-refractivity contribution in [3.8, 4) is 11.6 Å². The third-order valence-corrected chi connectivity index (χ3v) is 5.61. The number of likely N-dealkylation sites (tertiary alicyclic amines) is 1. The third-order valence-electron chi connectivity index (χ3n) is 4.85. The van der Waals surface area contributed by atoms with E-state index in [1.165, 1.54) is 11.6 Å². The van der Waals surface area contributed by atoms with Crippen molar-refractivity contribution < 1.29 is 17.9 Å². The molecule has 4 rings (SSSR count). The van der Waals surface area contributed by atoms with Crippen LogP contribution < -0.4 is 4.74 Å². The monoisotopic (exact) mass is 411 g/mol. The van der Waals surface area contributed by atoms with Gasteiger partial charge in [0.2, 0.25) is 5.88 Å². The summed E-state index contributed by atoms with van der Waals surface area (Å²) in [5, 5.41) is 1.21. The third kappa shape index (κ3) is 4.37. The van der Waals surface area contributed by atoms with Crippen molar-refractivity contribution in [2.24, 2.45) is 0 Å². The maximum absolute atomic E-state index is 12.9. The van der Waals surface area contributed by atoms with Gasteiger partial charge in [0.15, 0.2) is 9.84 Å². The first-order valence-corrected chi connectivity index (χ1v) is 11.2. The number of hydrogen-bond acceptors (Lipinski definition) is 6. The summed E-state index contributed by atoms with van der Waals surface area (Å²) in [6.45, 7) is 4.48. The predicted molar refractivity (Wildman–Crippen MR) is 108 cm³/mol. The van der Waals surface area contributed by atoms with Gasteiger partial charge in [0.05, 0.1) is 0 Å². The number of ether oxygens (including phenoxy) is 1. The molecule has 8 heteroatoms. The molecule has 150 valence electrons. The average molecular weight is 411 g/mol.